The molecule has 0 saturated carbocycles. The maximum Gasteiger partial charge on any atom is 0.262 e. The normalized spacial score (nSPS) is 11.4. The lowest BCUT2D eigenvalue weighted by Crippen LogP contribution is -2.32. The quantitative estimate of drug-likeness (QED) is 0.744. The Bertz CT molecular complexity index is 1080. The summed E-state index contributed by atoms with van der Waals surface area (Å²) in [5.41, 5.74) is 1.55. The van der Waals surface area contributed by atoms with E-state index in [1.165, 1.54) is 11.5 Å². The molecule has 0 atom stereocenters. The van der Waals surface area contributed by atoms with Gasteiger partial charge in [-0.1, -0.05) is 18.2 Å². The summed E-state index contributed by atoms with van der Waals surface area (Å²) < 4.78 is 1.51. The van der Waals surface area contributed by atoms with E-state index in [1.807, 2.05) is 45.0 Å². The zero-order valence-corrected chi connectivity index (χ0v) is 16.1. The first-order chi connectivity index (χ1) is 12.7. The molecule has 1 amide bonds. The van der Waals surface area contributed by atoms with E-state index in [0.29, 0.717) is 28.4 Å². The monoisotopic (exact) mass is 365 g/mol. The highest BCUT2D eigenvalue weighted by Gasteiger charge is 2.17. The Kier molecular flexibility index (Phi) is 4.70. The van der Waals surface area contributed by atoms with E-state index in [4.69, 9.17) is 4.98 Å². The number of hydrogen-bond acceptors (Lipinski definition) is 5. The second-order valence-corrected chi connectivity index (χ2v) is 7.47. The largest absolute Gasteiger partial charge is 0.351 e. The van der Waals surface area contributed by atoms with E-state index in [-0.39, 0.29) is 17.0 Å². The molecule has 0 spiro atoms. The second kappa shape index (κ2) is 6.83. The van der Waals surface area contributed by atoms with Gasteiger partial charge in [-0.15, -0.1) is 0 Å². The molecule has 0 aliphatic carbocycles. The Balaban J connectivity index is 2.23. The number of hydrogen-bond donors (Lipinski definition) is 2. The Labute approximate surface area is 157 Å². The topological polar surface area (TPSA) is 88.9 Å². The molecule has 0 bridgehead atoms. The van der Waals surface area contributed by atoms with Gasteiger partial charge in [0.1, 0.15) is 5.82 Å². The molecule has 1 aromatic carbocycles. The van der Waals surface area contributed by atoms with Crippen molar-refractivity contribution in [3.05, 3.63) is 46.8 Å². The number of anilines is 2. The highest BCUT2D eigenvalue weighted by molar-refractivity contribution is 5.93. The van der Waals surface area contributed by atoms with Crippen LogP contribution in [0.5, 0.6) is 0 Å². The molecule has 0 aliphatic rings. The third-order valence-electron chi connectivity index (χ3n) is 3.92. The maximum absolute atomic E-state index is 12.8. The number of benzene rings is 1. The fraction of sp³-hybridized carbons (Fsp3) is 0.300. The Morgan fingerprint density at radius 3 is 2.44 bits per heavy atom. The second-order valence-electron chi connectivity index (χ2n) is 7.47. The molecular weight excluding hydrogens is 342 g/mol. The summed E-state index contributed by atoms with van der Waals surface area (Å²) in [7, 11) is 1.70. The average Bonchev–Trinajstić information content (AvgIpc) is 2.57. The number of para-hydroxylation sites is 1. The average molecular weight is 365 g/mol. The molecule has 2 heterocycles. The molecule has 3 aromatic rings. The lowest BCUT2D eigenvalue weighted by molar-refractivity contribution is -0.114. The number of amides is 1. The molecule has 0 aliphatic heterocycles. The summed E-state index contributed by atoms with van der Waals surface area (Å²) in [6.07, 6.45) is 0. The summed E-state index contributed by atoms with van der Waals surface area (Å²) in [5, 5.41) is 6.47. The summed E-state index contributed by atoms with van der Waals surface area (Å²) in [6.45, 7) is 7.46. The molecule has 27 heavy (non-hydrogen) atoms. The van der Waals surface area contributed by atoms with Gasteiger partial charge in [-0.2, -0.15) is 0 Å². The van der Waals surface area contributed by atoms with Crippen LogP contribution in [0.1, 0.15) is 27.7 Å². The van der Waals surface area contributed by atoms with E-state index in [2.05, 4.69) is 15.6 Å². The molecule has 2 aromatic heterocycles. The Morgan fingerprint density at radius 1 is 1.07 bits per heavy atom. The smallest absolute Gasteiger partial charge is 0.262 e. The Morgan fingerprint density at radius 2 is 1.78 bits per heavy atom. The number of carbonyl (C=O) groups is 1. The van der Waals surface area contributed by atoms with Crippen LogP contribution < -0.4 is 16.2 Å². The number of carbonyl (C=O) groups excluding carboxylic acids is 1. The number of nitrogens with zero attached hydrogens (tertiary/aromatic N) is 3. The number of rotatable bonds is 3. The van der Waals surface area contributed by atoms with E-state index in [0.717, 1.165) is 5.56 Å². The number of pyridine rings is 1. The van der Waals surface area contributed by atoms with Crippen molar-refractivity contribution in [2.45, 2.75) is 33.2 Å². The summed E-state index contributed by atoms with van der Waals surface area (Å²) >= 11 is 0. The highest BCUT2D eigenvalue weighted by atomic mass is 16.1. The number of nitrogens with one attached hydrogen (secondary N) is 2. The van der Waals surface area contributed by atoms with Crippen LogP contribution in [0.3, 0.4) is 0 Å². The minimum Gasteiger partial charge on any atom is -0.351 e. The Hall–Kier alpha value is -3.22. The molecule has 3 rings (SSSR count). The molecule has 0 fully saturated rings. The lowest BCUT2D eigenvalue weighted by atomic mass is 10.1. The van der Waals surface area contributed by atoms with Gasteiger partial charge in [0, 0.05) is 25.1 Å². The third kappa shape index (κ3) is 3.97. The van der Waals surface area contributed by atoms with Crippen molar-refractivity contribution in [2.75, 3.05) is 10.6 Å². The van der Waals surface area contributed by atoms with Crippen molar-refractivity contribution in [1.82, 2.24) is 14.5 Å². The van der Waals surface area contributed by atoms with Crippen molar-refractivity contribution in [3.63, 3.8) is 0 Å². The summed E-state index contributed by atoms with van der Waals surface area (Å²) in [5.74, 6) is 0.751. The predicted octanol–water partition coefficient (Wildman–Crippen LogP) is 3.16. The van der Waals surface area contributed by atoms with Crippen LogP contribution in [-0.2, 0) is 11.8 Å². The molecular formula is C20H23N5O2. The fourth-order valence-electron chi connectivity index (χ4n) is 2.78. The van der Waals surface area contributed by atoms with Crippen LogP contribution in [0.25, 0.3) is 22.2 Å². The van der Waals surface area contributed by atoms with Gasteiger partial charge < -0.3 is 10.6 Å². The first-order valence-corrected chi connectivity index (χ1v) is 8.69. The van der Waals surface area contributed by atoms with E-state index in [9.17, 15) is 9.59 Å². The highest BCUT2D eigenvalue weighted by Crippen LogP contribution is 2.26. The van der Waals surface area contributed by atoms with Gasteiger partial charge >= 0.3 is 0 Å². The van der Waals surface area contributed by atoms with Crippen molar-refractivity contribution in [1.29, 1.82) is 0 Å². The van der Waals surface area contributed by atoms with E-state index >= 15 is 0 Å². The standard InChI is InChI=1S/C20H23N5O2/c1-12(26)21-16-11-7-10-15(22-16)13-8-6-9-14-17(13)23-19(24-20(2,3)4)25(5)18(14)27/h6-11H,1-5H3,(H,23,24)(H,21,22,26). The van der Waals surface area contributed by atoms with Crippen molar-refractivity contribution < 1.29 is 4.79 Å². The third-order valence-corrected chi connectivity index (χ3v) is 3.92. The first-order valence-electron chi connectivity index (χ1n) is 8.69. The maximum atomic E-state index is 12.8. The molecule has 0 saturated heterocycles. The van der Waals surface area contributed by atoms with Gasteiger partial charge in [0.2, 0.25) is 11.9 Å². The summed E-state index contributed by atoms with van der Waals surface area (Å²) in [6, 6.07) is 10.8. The molecule has 2 N–H and O–H groups in total. The molecule has 0 unspecified atom stereocenters. The number of aromatic nitrogens is 3. The van der Waals surface area contributed by atoms with Gasteiger partial charge in [-0.3, -0.25) is 14.2 Å². The van der Waals surface area contributed by atoms with Gasteiger partial charge in [-0.05, 0) is 39.0 Å². The fourth-order valence-corrected chi connectivity index (χ4v) is 2.78. The molecule has 7 nitrogen and oxygen atoms in total. The summed E-state index contributed by atoms with van der Waals surface area (Å²) in [4.78, 5) is 33.4. The SMILES string of the molecule is CC(=O)Nc1cccc(-c2cccc3c(=O)n(C)c(NC(C)(C)C)nc23)n1. The van der Waals surface area contributed by atoms with Crippen LogP contribution in [0, 0.1) is 0 Å². The van der Waals surface area contributed by atoms with Crippen LogP contribution in [0.15, 0.2) is 41.2 Å². The zero-order chi connectivity index (χ0) is 19.8. The van der Waals surface area contributed by atoms with Crippen LogP contribution >= 0.6 is 0 Å². The number of fused-ring (bicyclic) bond motifs is 1. The minimum atomic E-state index is -0.247. The predicted molar refractivity (Wildman–Crippen MR) is 108 cm³/mol. The van der Waals surface area contributed by atoms with Crippen molar-refractivity contribution in [3.8, 4) is 11.3 Å². The van der Waals surface area contributed by atoms with Crippen LogP contribution in [0.4, 0.5) is 11.8 Å². The van der Waals surface area contributed by atoms with Crippen molar-refractivity contribution in [2.24, 2.45) is 7.05 Å². The van der Waals surface area contributed by atoms with Gasteiger partial charge in [-0.25, -0.2) is 9.97 Å². The van der Waals surface area contributed by atoms with Gasteiger partial charge in [0.25, 0.3) is 5.56 Å². The van der Waals surface area contributed by atoms with Gasteiger partial charge in [0.05, 0.1) is 16.6 Å². The lowest BCUT2D eigenvalue weighted by Gasteiger charge is -2.23. The van der Waals surface area contributed by atoms with Gasteiger partial charge in [0.15, 0.2) is 0 Å². The van der Waals surface area contributed by atoms with Crippen molar-refractivity contribution >= 4 is 28.6 Å². The van der Waals surface area contributed by atoms with E-state index in [1.54, 1.807) is 19.2 Å². The first kappa shape index (κ1) is 18.6. The van der Waals surface area contributed by atoms with Crippen LogP contribution in [0.2, 0.25) is 0 Å². The minimum absolute atomic E-state index is 0.133. The zero-order valence-electron chi connectivity index (χ0n) is 16.1. The molecule has 7 heteroatoms. The molecule has 0 radical (unpaired) electrons. The van der Waals surface area contributed by atoms with Crippen LogP contribution in [-0.4, -0.2) is 26.0 Å². The molecule has 140 valence electrons. The van der Waals surface area contributed by atoms with E-state index < -0.39 is 0 Å².